The standard InChI is InChI=1S/C20H20F2N4O/c1-19(10-20(21,22)12-24-11-19)14-5-7-15(8-6-14)26-9-13-3-2-4-16(18(23)27)17(13)25-26/h2-9,24H,10-12H2,1H3,(H2,23,27). The van der Waals surface area contributed by atoms with E-state index in [9.17, 15) is 13.6 Å². The van der Waals surface area contributed by atoms with Crippen LogP contribution in [0.4, 0.5) is 8.78 Å². The highest BCUT2D eigenvalue weighted by Gasteiger charge is 2.43. The molecule has 2 aromatic carbocycles. The fourth-order valence-corrected chi connectivity index (χ4v) is 3.81. The van der Waals surface area contributed by atoms with E-state index in [4.69, 9.17) is 5.73 Å². The summed E-state index contributed by atoms with van der Waals surface area (Å²) in [5, 5.41) is 8.11. The fourth-order valence-electron chi connectivity index (χ4n) is 3.81. The van der Waals surface area contributed by atoms with Gasteiger partial charge in [-0.3, -0.25) is 4.79 Å². The average Bonchev–Trinajstić information content (AvgIpc) is 3.04. The Hall–Kier alpha value is -2.80. The number of primary amides is 1. The van der Waals surface area contributed by atoms with Crippen molar-refractivity contribution in [2.75, 3.05) is 13.1 Å². The molecule has 1 saturated heterocycles. The van der Waals surface area contributed by atoms with Crippen LogP contribution in [0, 0.1) is 0 Å². The number of amides is 1. The topological polar surface area (TPSA) is 72.9 Å². The van der Waals surface area contributed by atoms with Crippen LogP contribution in [0.5, 0.6) is 0 Å². The number of nitrogens with one attached hydrogen (secondary N) is 1. The van der Waals surface area contributed by atoms with Crippen molar-refractivity contribution in [1.29, 1.82) is 0 Å². The second-order valence-electron chi connectivity index (χ2n) is 7.43. The molecule has 1 aromatic heterocycles. The molecule has 7 heteroatoms. The molecule has 0 spiro atoms. The van der Waals surface area contributed by atoms with Gasteiger partial charge in [0.05, 0.1) is 17.8 Å². The number of halogens is 2. The van der Waals surface area contributed by atoms with Crippen LogP contribution in [-0.2, 0) is 5.41 Å². The molecule has 27 heavy (non-hydrogen) atoms. The smallest absolute Gasteiger partial charge is 0.261 e. The van der Waals surface area contributed by atoms with Crippen molar-refractivity contribution in [2.24, 2.45) is 5.73 Å². The Labute approximate surface area is 155 Å². The first-order valence-corrected chi connectivity index (χ1v) is 8.75. The third-order valence-corrected chi connectivity index (χ3v) is 5.18. The van der Waals surface area contributed by atoms with Crippen LogP contribution in [0.3, 0.4) is 0 Å². The van der Waals surface area contributed by atoms with Crippen molar-refractivity contribution in [3.63, 3.8) is 0 Å². The highest BCUT2D eigenvalue weighted by Crippen LogP contribution is 2.38. The molecular weight excluding hydrogens is 350 g/mol. The van der Waals surface area contributed by atoms with Crippen LogP contribution in [-0.4, -0.2) is 34.7 Å². The van der Waals surface area contributed by atoms with Crippen LogP contribution >= 0.6 is 0 Å². The van der Waals surface area contributed by atoms with Gasteiger partial charge in [0, 0.05) is 30.0 Å². The van der Waals surface area contributed by atoms with Crippen molar-refractivity contribution in [1.82, 2.24) is 15.1 Å². The van der Waals surface area contributed by atoms with Gasteiger partial charge in [-0.15, -0.1) is 0 Å². The molecule has 1 amide bonds. The summed E-state index contributed by atoms with van der Waals surface area (Å²) in [5.41, 5.74) is 7.32. The SMILES string of the molecule is CC1(c2ccc(-n3cc4cccc(C(N)=O)c4n3)cc2)CNCC(F)(F)C1. The van der Waals surface area contributed by atoms with E-state index in [1.165, 1.54) is 0 Å². The van der Waals surface area contributed by atoms with Gasteiger partial charge in [-0.05, 0) is 23.8 Å². The van der Waals surface area contributed by atoms with Gasteiger partial charge in [-0.1, -0.05) is 31.2 Å². The normalized spacial score (nSPS) is 22.0. The number of fused-ring (bicyclic) bond motifs is 1. The van der Waals surface area contributed by atoms with Crippen molar-refractivity contribution in [3.05, 3.63) is 59.8 Å². The first kappa shape index (κ1) is 17.6. The zero-order valence-electron chi connectivity index (χ0n) is 14.9. The lowest BCUT2D eigenvalue weighted by atomic mass is 9.75. The molecule has 140 valence electrons. The lowest BCUT2D eigenvalue weighted by Gasteiger charge is -2.39. The van der Waals surface area contributed by atoms with Gasteiger partial charge in [-0.2, -0.15) is 5.10 Å². The van der Waals surface area contributed by atoms with Crippen LogP contribution < -0.4 is 11.1 Å². The van der Waals surface area contributed by atoms with E-state index in [1.54, 1.807) is 16.8 Å². The molecule has 1 unspecified atom stereocenters. The maximum atomic E-state index is 13.8. The second-order valence-corrected chi connectivity index (χ2v) is 7.43. The number of nitrogens with two attached hydrogens (primary N) is 1. The molecule has 2 heterocycles. The lowest BCUT2D eigenvalue weighted by Crippen LogP contribution is -2.51. The van der Waals surface area contributed by atoms with Gasteiger partial charge in [0.15, 0.2) is 0 Å². The number of carbonyl (C=O) groups excluding carboxylic acids is 1. The van der Waals surface area contributed by atoms with Gasteiger partial charge in [0.1, 0.15) is 5.52 Å². The van der Waals surface area contributed by atoms with E-state index in [0.717, 1.165) is 16.6 Å². The third-order valence-electron chi connectivity index (χ3n) is 5.18. The number of benzene rings is 2. The van der Waals surface area contributed by atoms with E-state index in [1.807, 2.05) is 43.5 Å². The predicted octanol–water partition coefficient (Wildman–Crippen LogP) is 3.01. The first-order chi connectivity index (χ1) is 12.8. The first-order valence-electron chi connectivity index (χ1n) is 8.75. The maximum Gasteiger partial charge on any atom is 0.261 e. The van der Waals surface area contributed by atoms with Crippen LogP contribution in [0.25, 0.3) is 16.6 Å². The summed E-state index contributed by atoms with van der Waals surface area (Å²) >= 11 is 0. The van der Waals surface area contributed by atoms with Crippen LogP contribution in [0.15, 0.2) is 48.7 Å². The van der Waals surface area contributed by atoms with Crippen LogP contribution in [0.1, 0.15) is 29.3 Å². The van der Waals surface area contributed by atoms with Crippen LogP contribution in [0.2, 0.25) is 0 Å². The molecule has 4 rings (SSSR count). The Morgan fingerprint density at radius 2 is 1.93 bits per heavy atom. The Kier molecular flexibility index (Phi) is 3.99. The predicted molar refractivity (Wildman–Crippen MR) is 99.4 cm³/mol. The van der Waals surface area contributed by atoms with E-state index < -0.39 is 17.2 Å². The summed E-state index contributed by atoms with van der Waals surface area (Å²) in [7, 11) is 0. The van der Waals surface area contributed by atoms with Crippen molar-refractivity contribution < 1.29 is 13.6 Å². The molecular formula is C20H20F2N4O. The van der Waals surface area contributed by atoms with Gasteiger partial charge in [0.25, 0.3) is 11.8 Å². The number of hydrogen-bond acceptors (Lipinski definition) is 3. The number of nitrogens with zero attached hydrogens (tertiary/aromatic N) is 2. The zero-order valence-corrected chi connectivity index (χ0v) is 14.9. The number of piperidine rings is 1. The highest BCUT2D eigenvalue weighted by atomic mass is 19.3. The highest BCUT2D eigenvalue weighted by molar-refractivity contribution is 6.04. The van der Waals surface area contributed by atoms with E-state index in [-0.39, 0.29) is 13.0 Å². The lowest BCUT2D eigenvalue weighted by molar-refractivity contribution is -0.0449. The summed E-state index contributed by atoms with van der Waals surface area (Å²) in [4.78, 5) is 11.6. The molecule has 0 radical (unpaired) electrons. The number of rotatable bonds is 3. The fraction of sp³-hybridized carbons (Fsp3) is 0.300. The van der Waals surface area contributed by atoms with Gasteiger partial charge in [-0.25, -0.2) is 13.5 Å². The monoisotopic (exact) mass is 370 g/mol. The average molecular weight is 370 g/mol. The molecule has 0 aliphatic carbocycles. The largest absolute Gasteiger partial charge is 0.366 e. The summed E-state index contributed by atoms with van der Waals surface area (Å²) in [6.45, 7) is 2.09. The second kappa shape index (κ2) is 6.13. The van der Waals surface area contributed by atoms with Gasteiger partial charge >= 0.3 is 0 Å². The Bertz CT molecular complexity index is 1010. The van der Waals surface area contributed by atoms with Gasteiger partial charge < -0.3 is 11.1 Å². The quantitative estimate of drug-likeness (QED) is 0.744. The maximum absolute atomic E-state index is 13.8. The summed E-state index contributed by atoms with van der Waals surface area (Å²) < 4.78 is 29.3. The molecule has 5 nitrogen and oxygen atoms in total. The molecule has 0 bridgehead atoms. The number of alkyl halides is 2. The van der Waals surface area contributed by atoms with Crippen molar-refractivity contribution in [3.8, 4) is 5.69 Å². The number of carbonyl (C=O) groups is 1. The summed E-state index contributed by atoms with van der Waals surface area (Å²) in [6.07, 6.45) is 1.63. The molecule has 1 fully saturated rings. The molecule has 3 aromatic rings. The molecule has 1 aliphatic rings. The van der Waals surface area contributed by atoms with Crippen molar-refractivity contribution >= 4 is 16.8 Å². The summed E-state index contributed by atoms with van der Waals surface area (Å²) in [6, 6.07) is 12.7. The zero-order chi connectivity index (χ0) is 19.2. The minimum atomic E-state index is -2.71. The minimum absolute atomic E-state index is 0.181. The van der Waals surface area contributed by atoms with Gasteiger partial charge in [0.2, 0.25) is 0 Å². The number of hydrogen-bond donors (Lipinski definition) is 2. The van der Waals surface area contributed by atoms with E-state index >= 15 is 0 Å². The molecule has 1 atom stereocenters. The molecule has 0 saturated carbocycles. The molecule has 1 aliphatic heterocycles. The Balaban J connectivity index is 1.68. The summed E-state index contributed by atoms with van der Waals surface area (Å²) in [5.74, 6) is -3.24. The third kappa shape index (κ3) is 3.19. The van der Waals surface area contributed by atoms with E-state index in [0.29, 0.717) is 17.6 Å². The number of aromatic nitrogens is 2. The van der Waals surface area contributed by atoms with Crippen molar-refractivity contribution in [2.45, 2.75) is 24.7 Å². The Morgan fingerprint density at radius 1 is 1.19 bits per heavy atom. The Morgan fingerprint density at radius 3 is 2.59 bits per heavy atom. The molecule has 3 N–H and O–H groups in total. The van der Waals surface area contributed by atoms with E-state index in [2.05, 4.69) is 10.4 Å². The minimum Gasteiger partial charge on any atom is -0.366 e.